The van der Waals surface area contributed by atoms with Gasteiger partial charge in [0.2, 0.25) is 0 Å². The van der Waals surface area contributed by atoms with Crippen LogP contribution in [0.2, 0.25) is 0 Å². The van der Waals surface area contributed by atoms with Crippen molar-refractivity contribution < 1.29 is 14.5 Å². The summed E-state index contributed by atoms with van der Waals surface area (Å²) >= 11 is 0. The van der Waals surface area contributed by atoms with Crippen molar-refractivity contribution in [3.05, 3.63) is 122 Å². The van der Waals surface area contributed by atoms with Gasteiger partial charge in [-0.15, -0.1) is 0 Å². The van der Waals surface area contributed by atoms with Crippen LogP contribution in [0.15, 0.2) is 90.0 Å². The van der Waals surface area contributed by atoms with Crippen molar-refractivity contribution in [2.75, 3.05) is 0 Å². The lowest BCUT2D eigenvalue weighted by atomic mass is 9.68. The SMILES string of the molecule is CCCC[C@](C(=O)OCc1ccccc1)(c1ccccc1)[C@@H](N=[N+]=[N-])c1ccccc1[N+](=O)[O-]. The molecule has 8 nitrogen and oxygen atoms in total. The molecule has 0 aromatic heterocycles. The Bertz CT molecular complexity index is 1160. The van der Waals surface area contributed by atoms with Gasteiger partial charge in [-0.3, -0.25) is 14.9 Å². The number of unbranched alkanes of at least 4 members (excludes halogenated alkanes) is 1. The third-order valence-electron chi connectivity index (χ3n) is 5.85. The van der Waals surface area contributed by atoms with Crippen LogP contribution >= 0.6 is 0 Å². The number of benzene rings is 3. The Hall–Kier alpha value is -4.16. The molecule has 0 N–H and O–H groups in total. The van der Waals surface area contributed by atoms with Gasteiger partial charge in [0.05, 0.1) is 11.0 Å². The van der Waals surface area contributed by atoms with Crippen LogP contribution in [0.3, 0.4) is 0 Å². The molecule has 0 saturated carbocycles. The van der Waals surface area contributed by atoms with E-state index in [-0.39, 0.29) is 24.3 Å². The van der Waals surface area contributed by atoms with E-state index in [2.05, 4.69) is 10.0 Å². The molecule has 0 aliphatic heterocycles. The Balaban J connectivity index is 2.21. The number of azide groups is 1. The van der Waals surface area contributed by atoms with E-state index in [1.54, 1.807) is 36.4 Å². The van der Waals surface area contributed by atoms with Crippen LogP contribution in [0.5, 0.6) is 0 Å². The predicted octanol–water partition coefficient (Wildman–Crippen LogP) is 6.82. The lowest BCUT2D eigenvalue weighted by Crippen LogP contribution is -2.43. The standard InChI is InChI=1S/C26H26N4O4/c1-2-3-18-26(21-14-8-5-9-15-21,25(31)34-19-20-12-6-4-7-13-20)24(28-29-27)22-16-10-11-17-23(22)30(32)33/h4-17,24H,2-3,18-19H2,1H3/t24-,26-/m0/s1. The smallest absolute Gasteiger partial charge is 0.317 e. The van der Waals surface area contributed by atoms with Crippen LogP contribution < -0.4 is 0 Å². The zero-order chi connectivity index (χ0) is 24.4. The van der Waals surface area contributed by atoms with E-state index in [0.29, 0.717) is 12.0 Å². The van der Waals surface area contributed by atoms with Crippen molar-refractivity contribution in [1.82, 2.24) is 0 Å². The van der Waals surface area contributed by atoms with Gasteiger partial charge < -0.3 is 4.74 Å². The molecular weight excluding hydrogens is 432 g/mol. The summed E-state index contributed by atoms with van der Waals surface area (Å²) in [6.45, 7) is 2.01. The first-order chi connectivity index (χ1) is 16.5. The van der Waals surface area contributed by atoms with E-state index in [0.717, 1.165) is 12.0 Å². The lowest BCUT2D eigenvalue weighted by Gasteiger charge is -2.37. The summed E-state index contributed by atoms with van der Waals surface area (Å²) in [6, 6.07) is 23.1. The van der Waals surface area contributed by atoms with Crippen LogP contribution in [0.25, 0.3) is 10.4 Å². The lowest BCUT2D eigenvalue weighted by molar-refractivity contribution is -0.385. The number of rotatable bonds is 11. The zero-order valence-corrected chi connectivity index (χ0v) is 18.9. The van der Waals surface area contributed by atoms with Gasteiger partial charge in [-0.1, -0.05) is 104 Å². The van der Waals surface area contributed by atoms with Gasteiger partial charge >= 0.3 is 5.97 Å². The number of hydrogen-bond acceptors (Lipinski definition) is 5. The molecule has 3 aromatic rings. The van der Waals surface area contributed by atoms with Crippen molar-refractivity contribution in [3.8, 4) is 0 Å². The Morgan fingerprint density at radius 3 is 2.29 bits per heavy atom. The molecule has 3 aromatic carbocycles. The molecule has 0 saturated heterocycles. The van der Waals surface area contributed by atoms with Crippen molar-refractivity contribution in [2.45, 2.75) is 44.2 Å². The first-order valence-corrected chi connectivity index (χ1v) is 11.1. The second kappa shape index (κ2) is 11.6. The topological polar surface area (TPSA) is 118 Å². The normalized spacial score (nSPS) is 13.2. The average molecular weight is 459 g/mol. The Kier molecular flexibility index (Phi) is 8.37. The molecule has 0 radical (unpaired) electrons. The number of esters is 1. The van der Waals surface area contributed by atoms with Gasteiger partial charge in [0.1, 0.15) is 12.0 Å². The van der Waals surface area contributed by atoms with Gasteiger partial charge in [0.15, 0.2) is 0 Å². The molecule has 2 atom stereocenters. The molecule has 3 rings (SSSR count). The summed E-state index contributed by atoms with van der Waals surface area (Å²) in [5.41, 5.74) is 9.37. The van der Waals surface area contributed by atoms with Crippen molar-refractivity contribution in [3.63, 3.8) is 0 Å². The second-order valence-electron chi connectivity index (χ2n) is 7.93. The van der Waals surface area contributed by atoms with Crippen molar-refractivity contribution >= 4 is 11.7 Å². The molecule has 0 bridgehead atoms. The monoisotopic (exact) mass is 458 g/mol. The van der Waals surface area contributed by atoms with E-state index >= 15 is 0 Å². The average Bonchev–Trinajstić information content (AvgIpc) is 2.88. The van der Waals surface area contributed by atoms with Gasteiger partial charge in [-0.25, -0.2) is 0 Å². The van der Waals surface area contributed by atoms with Gasteiger partial charge in [0.25, 0.3) is 5.69 Å². The number of para-hydroxylation sites is 1. The molecule has 0 heterocycles. The number of nitro benzene ring substituents is 1. The molecule has 8 heteroatoms. The van der Waals surface area contributed by atoms with E-state index < -0.39 is 22.3 Å². The molecule has 174 valence electrons. The van der Waals surface area contributed by atoms with E-state index in [4.69, 9.17) is 4.74 Å². The molecule has 34 heavy (non-hydrogen) atoms. The third kappa shape index (κ3) is 5.24. The highest BCUT2D eigenvalue weighted by atomic mass is 16.6. The molecular formula is C26H26N4O4. The second-order valence-corrected chi connectivity index (χ2v) is 7.93. The van der Waals surface area contributed by atoms with Gasteiger partial charge in [0, 0.05) is 16.5 Å². The molecule has 0 spiro atoms. The summed E-state index contributed by atoms with van der Waals surface area (Å²) in [7, 11) is 0. The largest absolute Gasteiger partial charge is 0.460 e. The molecule has 0 fully saturated rings. The summed E-state index contributed by atoms with van der Waals surface area (Å²) in [5, 5.41) is 15.8. The number of carbonyl (C=O) groups is 1. The first-order valence-electron chi connectivity index (χ1n) is 11.1. The fraction of sp³-hybridized carbons (Fsp3) is 0.269. The van der Waals surface area contributed by atoms with Crippen molar-refractivity contribution in [1.29, 1.82) is 0 Å². The van der Waals surface area contributed by atoms with Crippen LogP contribution in [0.4, 0.5) is 5.69 Å². The first kappa shape index (κ1) is 24.5. The minimum Gasteiger partial charge on any atom is -0.460 e. The summed E-state index contributed by atoms with van der Waals surface area (Å²) in [5.74, 6) is -0.591. The fourth-order valence-electron chi connectivity index (χ4n) is 4.18. The predicted molar refractivity (Wildman–Crippen MR) is 129 cm³/mol. The number of ether oxygens (including phenoxy) is 1. The number of hydrogen-bond donors (Lipinski definition) is 0. The van der Waals surface area contributed by atoms with E-state index in [1.165, 1.54) is 12.1 Å². The van der Waals surface area contributed by atoms with Gasteiger partial charge in [-0.2, -0.15) is 0 Å². The van der Waals surface area contributed by atoms with Gasteiger partial charge in [-0.05, 0) is 23.1 Å². The van der Waals surface area contributed by atoms with Crippen LogP contribution in [-0.4, -0.2) is 10.9 Å². The Morgan fingerprint density at radius 1 is 1.06 bits per heavy atom. The molecule has 0 aliphatic rings. The molecule has 0 unspecified atom stereocenters. The quantitative estimate of drug-likeness (QED) is 0.0782. The summed E-state index contributed by atoms with van der Waals surface area (Å²) < 4.78 is 5.80. The van der Waals surface area contributed by atoms with Crippen LogP contribution in [-0.2, 0) is 21.6 Å². The van der Waals surface area contributed by atoms with E-state index in [9.17, 15) is 20.4 Å². The number of carbonyl (C=O) groups excluding carboxylic acids is 1. The molecule has 0 aliphatic carbocycles. The minimum atomic E-state index is -1.45. The Labute approximate surface area is 198 Å². The number of nitro groups is 1. The zero-order valence-electron chi connectivity index (χ0n) is 18.9. The van der Waals surface area contributed by atoms with Crippen LogP contribution in [0, 0.1) is 10.1 Å². The highest BCUT2D eigenvalue weighted by molar-refractivity contribution is 5.85. The third-order valence-corrected chi connectivity index (χ3v) is 5.85. The molecule has 0 amide bonds. The van der Waals surface area contributed by atoms with Crippen molar-refractivity contribution in [2.24, 2.45) is 5.11 Å². The highest BCUT2D eigenvalue weighted by Gasteiger charge is 2.50. The Morgan fingerprint density at radius 2 is 1.68 bits per heavy atom. The number of nitrogens with zero attached hydrogens (tertiary/aromatic N) is 4. The van der Waals surface area contributed by atoms with E-state index in [1.807, 2.05) is 43.3 Å². The fourth-order valence-corrected chi connectivity index (χ4v) is 4.18. The minimum absolute atomic E-state index is 0.0280. The van der Waals surface area contributed by atoms with Crippen LogP contribution in [0.1, 0.15) is 48.9 Å². The maximum absolute atomic E-state index is 13.9. The highest BCUT2D eigenvalue weighted by Crippen LogP contribution is 2.47. The maximum atomic E-state index is 13.9. The summed E-state index contributed by atoms with van der Waals surface area (Å²) in [6.07, 6.45) is 1.67. The summed E-state index contributed by atoms with van der Waals surface area (Å²) in [4.78, 5) is 28.3. The maximum Gasteiger partial charge on any atom is 0.317 e.